The second kappa shape index (κ2) is 7.34. The van der Waals surface area contributed by atoms with Gasteiger partial charge in [-0.2, -0.15) is 0 Å². The number of nitrogens with zero attached hydrogens (tertiary/aromatic N) is 2. The second-order valence-electron chi connectivity index (χ2n) is 6.08. The SMILES string of the molecule is COc1cccc([C@@H]2CCCN2C(=O)Cc2ccccc2[N+](=O)[O-])c1. The Kier molecular flexibility index (Phi) is 4.97. The molecular weight excluding hydrogens is 320 g/mol. The summed E-state index contributed by atoms with van der Waals surface area (Å²) in [5, 5.41) is 11.1. The number of methoxy groups -OCH3 is 1. The molecule has 25 heavy (non-hydrogen) atoms. The Labute approximate surface area is 146 Å². The Balaban J connectivity index is 1.80. The van der Waals surface area contributed by atoms with E-state index in [1.807, 2.05) is 29.2 Å². The average Bonchev–Trinajstić information content (AvgIpc) is 3.12. The summed E-state index contributed by atoms with van der Waals surface area (Å²) in [6, 6.07) is 14.1. The van der Waals surface area contributed by atoms with E-state index >= 15 is 0 Å². The number of likely N-dealkylation sites (tertiary alicyclic amines) is 1. The van der Waals surface area contributed by atoms with Crippen LogP contribution in [-0.2, 0) is 11.2 Å². The summed E-state index contributed by atoms with van der Waals surface area (Å²) in [7, 11) is 1.62. The van der Waals surface area contributed by atoms with E-state index in [4.69, 9.17) is 4.74 Å². The number of para-hydroxylation sites is 1. The molecule has 1 fully saturated rings. The molecule has 0 unspecified atom stereocenters. The summed E-state index contributed by atoms with van der Waals surface area (Å²) in [4.78, 5) is 25.3. The van der Waals surface area contributed by atoms with Crippen LogP contribution in [0.2, 0.25) is 0 Å². The first-order valence-electron chi connectivity index (χ1n) is 8.26. The molecule has 0 N–H and O–H groups in total. The lowest BCUT2D eigenvalue weighted by molar-refractivity contribution is -0.385. The highest BCUT2D eigenvalue weighted by Crippen LogP contribution is 2.34. The van der Waals surface area contributed by atoms with Crippen molar-refractivity contribution in [3.63, 3.8) is 0 Å². The van der Waals surface area contributed by atoms with Crippen LogP contribution < -0.4 is 4.74 Å². The molecule has 0 spiro atoms. The highest BCUT2D eigenvalue weighted by molar-refractivity contribution is 5.80. The normalized spacial score (nSPS) is 16.7. The van der Waals surface area contributed by atoms with E-state index in [2.05, 4.69) is 0 Å². The third-order valence-electron chi connectivity index (χ3n) is 4.58. The fourth-order valence-corrected chi connectivity index (χ4v) is 3.36. The standard InChI is InChI=1S/C19H20N2O4/c1-25-16-8-4-7-14(12-16)17-10-5-11-20(17)19(22)13-15-6-2-3-9-18(15)21(23)24/h2-4,6-9,12,17H,5,10-11,13H2,1H3/t17-/m0/s1. The Bertz CT molecular complexity index is 790. The maximum Gasteiger partial charge on any atom is 0.273 e. The Morgan fingerprint density at radius 3 is 2.84 bits per heavy atom. The number of ether oxygens (including phenoxy) is 1. The maximum absolute atomic E-state index is 12.8. The van der Waals surface area contributed by atoms with E-state index in [-0.39, 0.29) is 24.1 Å². The van der Waals surface area contributed by atoms with Crippen molar-refractivity contribution in [1.29, 1.82) is 0 Å². The predicted molar refractivity (Wildman–Crippen MR) is 93.5 cm³/mol. The number of carbonyl (C=O) groups is 1. The molecule has 3 rings (SSSR count). The number of hydrogen-bond acceptors (Lipinski definition) is 4. The van der Waals surface area contributed by atoms with Gasteiger partial charge in [0.1, 0.15) is 5.75 Å². The largest absolute Gasteiger partial charge is 0.497 e. The summed E-state index contributed by atoms with van der Waals surface area (Å²) in [5.41, 5.74) is 1.48. The van der Waals surface area contributed by atoms with E-state index in [1.165, 1.54) is 6.07 Å². The molecule has 2 aromatic carbocycles. The molecule has 1 saturated heterocycles. The monoisotopic (exact) mass is 340 g/mol. The topological polar surface area (TPSA) is 72.7 Å². The first kappa shape index (κ1) is 17.0. The van der Waals surface area contributed by atoms with Crippen LogP contribution in [0.5, 0.6) is 5.75 Å². The summed E-state index contributed by atoms with van der Waals surface area (Å²) in [6.07, 6.45) is 1.85. The lowest BCUT2D eigenvalue weighted by atomic mass is 10.0. The average molecular weight is 340 g/mol. The van der Waals surface area contributed by atoms with Gasteiger partial charge in [0.05, 0.1) is 24.5 Å². The van der Waals surface area contributed by atoms with Crippen molar-refractivity contribution in [2.45, 2.75) is 25.3 Å². The molecule has 1 aliphatic rings. The molecule has 130 valence electrons. The van der Waals surface area contributed by atoms with Crippen molar-refractivity contribution < 1.29 is 14.5 Å². The molecule has 0 aliphatic carbocycles. The summed E-state index contributed by atoms with van der Waals surface area (Å²) >= 11 is 0. The zero-order chi connectivity index (χ0) is 17.8. The zero-order valence-corrected chi connectivity index (χ0v) is 14.1. The van der Waals surface area contributed by atoms with Gasteiger partial charge >= 0.3 is 0 Å². The number of benzene rings is 2. The molecule has 0 radical (unpaired) electrons. The fraction of sp³-hybridized carbons (Fsp3) is 0.316. The van der Waals surface area contributed by atoms with Crippen LogP contribution in [0.1, 0.15) is 30.0 Å². The summed E-state index contributed by atoms with van der Waals surface area (Å²) in [5.74, 6) is 0.676. The zero-order valence-electron chi connectivity index (χ0n) is 14.1. The quantitative estimate of drug-likeness (QED) is 0.617. The molecule has 1 amide bonds. The van der Waals surface area contributed by atoms with Crippen LogP contribution in [0.3, 0.4) is 0 Å². The highest BCUT2D eigenvalue weighted by atomic mass is 16.6. The highest BCUT2D eigenvalue weighted by Gasteiger charge is 2.31. The van der Waals surface area contributed by atoms with Crippen LogP contribution in [0.15, 0.2) is 48.5 Å². The van der Waals surface area contributed by atoms with E-state index in [0.29, 0.717) is 12.1 Å². The van der Waals surface area contributed by atoms with Crippen LogP contribution >= 0.6 is 0 Å². The molecule has 2 aromatic rings. The molecule has 1 atom stereocenters. The lowest BCUT2D eigenvalue weighted by Crippen LogP contribution is -2.32. The van der Waals surface area contributed by atoms with Crippen molar-refractivity contribution in [1.82, 2.24) is 4.90 Å². The van der Waals surface area contributed by atoms with Gasteiger partial charge in [-0.1, -0.05) is 30.3 Å². The molecule has 1 heterocycles. The minimum absolute atomic E-state index is 0.00650. The van der Waals surface area contributed by atoms with E-state index < -0.39 is 4.92 Å². The molecular formula is C19H20N2O4. The van der Waals surface area contributed by atoms with Crippen molar-refractivity contribution in [3.05, 3.63) is 69.8 Å². The minimum Gasteiger partial charge on any atom is -0.497 e. The van der Waals surface area contributed by atoms with Crippen LogP contribution in [0.25, 0.3) is 0 Å². The van der Waals surface area contributed by atoms with Crippen LogP contribution in [0.4, 0.5) is 5.69 Å². The third-order valence-corrected chi connectivity index (χ3v) is 4.58. The third kappa shape index (κ3) is 3.63. The van der Waals surface area contributed by atoms with Crippen molar-refractivity contribution >= 4 is 11.6 Å². The van der Waals surface area contributed by atoms with Gasteiger partial charge in [0.15, 0.2) is 0 Å². The van der Waals surface area contributed by atoms with E-state index in [9.17, 15) is 14.9 Å². The number of carbonyl (C=O) groups excluding carboxylic acids is 1. The smallest absolute Gasteiger partial charge is 0.273 e. The first-order valence-corrected chi connectivity index (χ1v) is 8.26. The molecule has 1 aliphatic heterocycles. The second-order valence-corrected chi connectivity index (χ2v) is 6.08. The molecule has 6 nitrogen and oxygen atoms in total. The first-order chi connectivity index (χ1) is 12.1. The van der Waals surface area contributed by atoms with Crippen LogP contribution in [0, 0.1) is 10.1 Å². The number of nitro benzene ring substituents is 1. The molecule has 0 bridgehead atoms. The number of hydrogen-bond donors (Lipinski definition) is 0. The molecule has 0 aromatic heterocycles. The van der Waals surface area contributed by atoms with Gasteiger partial charge in [-0.25, -0.2) is 0 Å². The minimum atomic E-state index is -0.438. The lowest BCUT2D eigenvalue weighted by Gasteiger charge is -2.25. The van der Waals surface area contributed by atoms with Gasteiger partial charge in [-0.05, 0) is 30.5 Å². The fourth-order valence-electron chi connectivity index (χ4n) is 3.36. The summed E-state index contributed by atoms with van der Waals surface area (Å²) < 4.78 is 5.27. The number of rotatable bonds is 5. The van der Waals surface area contributed by atoms with Gasteiger partial charge in [0.25, 0.3) is 5.69 Å². The number of nitro groups is 1. The van der Waals surface area contributed by atoms with Gasteiger partial charge < -0.3 is 9.64 Å². The van der Waals surface area contributed by atoms with E-state index in [0.717, 1.165) is 24.2 Å². The Hall–Kier alpha value is -2.89. The maximum atomic E-state index is 12.8. The van der Waals surface area contributed by atoms with Crippen molar-refractivity contribution in [2.24, 2.45) is 0 Å². The van der Waals surface area contributed by atoms with Crippen molar-refractivity contribution in [3.8, 4) is 5.75 Å². The molecule has 6 heteroatoms. The van der Waals surface area contributed by atoms with E-state index in [1.54, 1.807) is 25.3 Å². The van der Waals surface area contributed by atoms with Gasteiger partial charge in [-0.15, -0.1) is 0 Å². The van der Waals surface area contributed by atoms with Gasteiger partial charge in [-0.3, -0.25) is 14.9 Å². The Morgan fingerprint density at radius 1 is 1.28 bits per heavy atom. The van der Waals surface area contributed by atoms with Gasteiger partial charge in [0, 0.05) is 18.2 Å². The van der Waals surface area contributed by atoms with Crippen molar-refractivity contribution in [2.75, 3.05) is 13.7 Å². The predicted octanol–water partition coefficient (Wildman–Crippen LogP) is 3.51. The van der Waals surface area contributed by atoms with Crippen LogP contribution in [-0.4, -0.2) is 29.4 Å². The summed E-state index contributed by atoms with van der Waals surface area (Å²) in [6.45, 7) is 0.668. The van der Waals surface area contributed by atoms with Gasteiger partial charge in [0.2, 0.25) is 5.91 Å². The Morgan fingerprint density at radius 2 is 2.08 bits per heavy atom. The number of amides is 1. The molecule has 0 saturated carbocycles.